The van der Waals surface area contributed by atoms with E-state index in [0.717, 1.165) is 0 Å². The van der Waals surface area contributed by atoms with Crippen LogP contribution in [0.5, 0.6) is 0 Å². The van der Waals surface area contributed by atoms with Gasteiger partial charge in [0.15, 0.2) is 0 Å². The quantitative estimate of drug-likeness (QED) is 0.454. The Morgan fingerprint density at radius 1 is 1.58 bits per heavy atom. The number of nitroso groups, excluding NO2 is 1. The molecule has 0 amide bonds. The molecule has 0 radical (unpaired) electrons. The molecule has 2 atom stereocenters. The minimum absolute atomic E-state index is 0.152. The number of methoxy groups -OCH3 is 1. The van der Waals surface area contributed by atoms with Gasteiger partial charge in [-0.25, -0.2) is 0 Å². The summed E-state index contributed by atoms with van der Waals surface area (Å²) in [5.41, 5.74) is 0. The van der Waals surface area contributed by atoms with Gasteiger partial charge in [0, 0.05) is 13.7 Å². The largest absolute Gasteiger partial charge is 0.385 e. The van der Waals surface area contributed by atoms with Gasteiger partial charge in [0.05, 0.1) is 0 Å². The van der Waals surface area contributed by atoms with E-state index in [9.17, 15) is 4.91 Å². The fraction of sp³-hybridized carbons (Fsp3) is 0.778. The van der Waals surface area contributed by atoms with Crippen LogP contribution in [0.3, 0.4) is 0 Å². The molecule has 0 spiro atoms. The highest BCUT2D eigenvalue weighted by molar-refractivity contribution is 4.90. The molecular weight excluding hydrogens is 154 g/mol. The van der Waals surface area contributed by atoms with Crippen LogP contribution in [0.1, 0.15) is 20.3 Å². The zero-order valence-corrected chi connectivity index (χ0v) is 7.99. The molecule has 0 aliphatic heterocycles. The highest BCUT2D eigenvalue weighted by Gasteiger charge is 2.14. The molecule has 0 heterocycles. The lowest BCUT2D eigenvalue weighted by Gasteiger charge is -2.12. The molecule has 0 fully saturated rings. The first-order chi connectivity index (χ1) is 5.76. The zero-order chi connectivity index (χ0) is 9.40. The molecule has 0 aromatic rings. The van der Waals surface area contributed by atoms with Gasteiger partial charge in [-0.3, -0.25) is 0 Å². The molecule has 0 unspecified atom stereocenters. The molecule has 0 N–H and O–H groups in total. The van der Waals surface area contributed by atoms with Crippen LogP contribution in [0.25, 0.3) is 0 Å². The lowest BCUT2D eigenvalue weighted by Crippen LogP contribution is -2.15. The number of nitrogens with zero attached hydrogens (tertiary/aromatic N) is 1. The molecule has 0 aliphatic carbocycles. The minimum atomic E-state index is -0.152. The molecule has 0 saturated carbocycles. The average Bonchev–Trinajstić information content (AvgIpc) is 2.06. The van der Waals surface area contributed by atoms with Crippen molar-refractivity contribution in [2.45, 2.75) is 26.3 Å². The normalized spacial score (nSPS) is 16.2. The maximum absolute atomic E-state index is 10.4. The molecule has 70 valence electrons. The van der Waals surface area contributed by atoms with E-state index in [1.807, 2.05) is 26.0 Å². The summed E-state index contributed by atoms with van der Waals surface area (Å²) in [6.45, 7) is 4.52. The fourth-order valence-corrected chi connectivity index (χ4v) is 1.08. The highest BCUT2D eigenvalue weighted by atomic mass is 16.5. The van der Waals surface area contributed by atoms with Crippen molar-refractivity contribution < 1.29 is 4.74 Å². The van der Waals surface area contributed by atoms with Crippen LogP contribution in [-0.2, 0) is 4.74 Å². The number of rotatable bonds is 6. The SMILES string of the molecule is C/C=C\[C@H](C)[C@H](CCOC)N=O. The van der Waals surface area contributed by atoms with Crippen molar-refractivity contribution in [1.82, 2.24) is 0 Å². The van der Waals surface area contributed by atoms with Gasteiger partial charge in [-0.05, 0) is 19.3 Å². The number of allylic oxidation sites excluding steroid dienone is 1. The van der Waals surface area contributed by atoms with Crippen LogP contribution in [-0.4, -0.2) is 19.8 Å². The molecule has 0 aromatic heterocycles. The lowest BCUT2D eigenvalue weighted by atomic mass is 10.00. The predicted molar refractivity (Wildman–Crippen MR) is 50.1 cm³/mol. The average molecular weight is 171 g/mol. The van der Waals surface area contributed by atoms with E-state index in [2.05, 4.69) is 5.18 Å². The van der Waals surface area contributed by atoms with Gasteiger partial charge < -0.3 is 4.74 Å². The highest BCUT2D eigenvalue weighted by Crippen LogP contribution is 2.12. The summed E-state index contributed by atoms with van der Waals surface area (Å²) in [5, 5.41) is 3.06. The second-order valence-corrected chi connectivity index (χ2v) is 2.84. The molecule has 0 saturated heterocycles. The Labute approximate surface area is 73.8 Å². The number of ether oxygens (including phenoxy) is 1. The number of hydrogen-bond donors (Lipinski definition) is 0. The van der Waals surface area contributed by atoms with Gasteiger partial charge in [0.25, 0.3) is 0 Å². The Balaban J connectivity index is 3.86. The summed E-state index contributed by atoms with van der Waals surface area (Å²) in [5.74, 6) is 0.211. The smallest absolute Gasteiger partial charge is 0.100 e. The summed E-state index contributed by atoms with van der Waals surface area (Å²) >= 11 is 0. The van der Waals surface area contributed by atoms with E-state index in [1.54, 1.807) is 7.11 Å². The second kappa shape index (κ2) is 6.98. The standard InChI is InChI=1S/C9H17NO2/c1-4-5-8(2)9(10-11)6-7-12-3/h4-5,8-9H,6-7H2,1-3H3/b5-4-/t8-,9-/m0/s1. The Kier molecular flexibility index (Phi) is 6.57. The molecule has 3 heteroatoms. The Bertz CT molecular complexity index is 145. The third-order valence-corrected chi connectivity index (χ3v) is 1.86. The van der Waals surface area contributed by atoms with Crippen LogP contribution in [0.2, 0.25) is 0 Å². The van der Waals surface area contributed by atoms with Crippen molar-refractivity contribution in [3.8, 4) is 0 Å². The molecule has 12 heavy (non-hydrogen) atoms. The van der Waals surface area contributed by atoms with E-state index in [1.165, 1.54) is 0 Å². The lowest BCUT2D eigenvalue weighted by molar-refractivity contribution is 0.183. The molecule has 3 nitrogen and oxygen atoms in total. The van der Waals surface area contributed by atoms with Crippen LogP contribution >= 0.6 is 0 Å². The number of hydrogen-bond acceptors (Lipinski definition) is 3. The molecule has 0 bridgehead atoms. The van der Waals surface area contributed by atoms with Gasteiger partial charge in [0.2, 0.25) is 0 Å². The van der Waals surface area contributed by atoms with Crippen molar-refractivity contribution in [2.24, 2.45) is 11.1 Å². The Hall–Kier alpha value is -0.700. The van der Waals surface area contributed by atoms with Crippen molar-refractivity contribution in [3.63, 3.8) is 0 Å². The van der Waals surface area contributed by atoms with E-state index in [0.29, 0.717) is 13.0 Å². The van der Waals surface area contributed by atoms with Crippen LogP contribution in [0.4, 0.5) is 0 Å². The van der Waals surface area contributed by atoms with Crippen molar-refractivity contribution >= 4 is 0 Å². The monoisotopic (exact) mass is 171 g/mol. The zero-order valence-electron chi connectivity index (χ0n) is 7.99. The van der Waals surface area contributed by atoms with Crippen molar-refractivity contribution in [1.29, 1.82) is 0 Å². The summed E-state index contributed by atoms with van der Waals surface area (Å²) in [6, 6.07) is -0.152. The Morgan fingerprint density at radius 2 is 2.25 bits per heavy atom. The maximum Gasteiger partial charge on any atom is 0.100 e. The van der Waals surface area contributed by atoms with Gasteiger partial charge in [-0.1, -0.05) is 24.3 Å². The summed E-state index contributed by atoms with van der Waals surface area (Å²) < 4.78 is 4.88. The van der Waals surface area contributed by atoms with Crippen molar-refractivity contribution in [3.05, 3.63) is 17.1 Å². The summed E-state index contributed by atoms with van der Waals surface area (Å²) in [4.78, 5) is 10.4. The third-order valence-electron chi connectivity index (χ3n) is 1.86. The first-order valence-corrected chi connectivity index (χ1v) is 4.20. The van der Waals surface area contributed by atoms with E-state index >= 15 is 0 Å². The third kappa shape index (κ3) is 4.23. The van der Waals surface area contributed by atoms with E-state index < -0.39 is 0 Å². The minimum Gasteiger partial charge on any atom is -0.385 e. The summed E-state index contributed by atoms with van der Waals surface area (Å²) in [7, 11) is 1.63. The first kappa shape index (κ1) is 11.3. The van der Waals surface area contributed by atoms with Gasteiger partial charge in [0.1, 0.15) is 6.04 Å². The molecule has 0 rings (SSSR count). The van der Waals surface area contributed by atoms with Gasteiger partial charge in [-0.2, -0.15) is 4.91 Å². The maximum atomic E-state index is 10.4. The topological polar surface area (TPSA) is 38.7 Å². The van der Waals surface area contributed by atoms with Crippen LogP contribution in [0.15, 0.2) is 17.3 Å². The van der Waals surface area contributed by atoms with Gasteiger partial charge >= 0.3 is 0 Å². The molecule has 0 aromatic carbocycles. The first-order valence-electron chi connectivity index (χ1n) is 4.20. The Morgan fingerprint density at radius 3 is 2.67 bits per heavy atom. The molecular formula is C9H17NO2. The fourth-order valence-electron chi connectivity index (χ4n) is 1.08. The van der Waals surface area contributed by atoms with E-state index in [-0.39, 0.29) is 12.0 Å². The van der Waals surface area contributed by atoms with Crippen molar-refractivity contribution in [2.75, 3.05) is 13.7 Å². The summed E-state index contributed by atoms with van der Waals surface area (Å²) in [6.07, 6.45) is 4.63. The second-order valence-electron chi connectivity index (χ2n) is 2.84. The molecule has 0 aliphatic rings. The van der Waals surface area contributed by atoms with Gasteiger partial charge in [-0.15, -0.1) is 0 Å². The van der Waals surface area contributed by atoms with Crippen LogP contribution in [0, 0.1) is 10.8 Å². The van der Waals surface area contributed by atoms with Crippen LogP contribution < -0.4 is 0 Å². The van der Waals surface area contributed by atoms with E-state index in [4.69, 9.17) is 4.74 Å². The predicted octanol–water partition coefficient (Wildman–Crippen LogP) is 2.37.